The molecule has 12 heteroatoms. The zero-order valence-electron chi connectivity index (χ0n) is 16.2. The molecule has 0 spiro atoms. The molecular formula is C18H21N5O6S. The Morgan fingerprint density at radius 2 is 1.73 bits per heavy atom. The lowest BCUT2D eigenvalue weighted by Gasteiger charge is -2.33. The van der Waals surface area contributed by atoms with Crippen molar-refractivity contribution in [3.05, 3.63) is 40.3 Å². The minimum atomic E-state index is -3.21. The van der Waals surface area contributed by atoms with Crippen LogP contribution in [0.4, 0.5) is 0 Å². The van der Waals surface area contributed by atoms with Crippen LogP contribution in [-0.4, -0.2) is 86.7 Å². The van der Waals surface area contributed by atoms with Crippen molar-refractivity contribution < 1.29 is 23.4 Å². The van der Waals surface area contributed by atoms with E-state index in [0.717, 1.165) is 0 Å². The van der Waals surface area contributed by atoms with Gasteiger partial charge in [-0.1, -0.05) is 12.1 Å². The van der Waals surface area contributed by atoms with Gasteiger partial charge >= 0.3 is 11.5 Å². The van der Waals surface area contributed by atoms with Crippen LogP contribution >= 0.6 is 0 Å². The van der Waals surface area contributed by atoms with E-state index in [4.69, 9.17) is 0 Å². The van der Waals surface area contributed by atoms with Crippen LogP contribution in [0.25, 0.3) is 16.8 Å². The highest BCUT2D eigenvalue weighted by Crippen LogP contribution is 2.21. The van der Waals surface area contributed by atoms with Gasteiger partial charge in [0.15, 0.2) is 5.69 Å². The summed E-state index contributed by atoms with van der Waals surface area (Å²) in [4.78, 5) is 30.2. The molecule has 0 amide bonds. The van der Waals surface area contributed by atoms with E-state index in [9.17, 15) is 28.2 Å². The number of nitrogens with zero attached hydrogens (tertiary/aromatic N) is 5. The monoisotopic (exact) mass is 435 g/mol. The molecule has 0 atom stereocenters. The first kappa shape index (κ1) is 20.3. The van der Waals surface area contributed by atoms with E-state index in [-0.39, 0.29) is 5.78 Å². The average molecular weight is 435 g/mol. The number of hydrogen-bond acceptors (Lipinski definition) is 7. The molecule has 3 aromatic rings. The number of fused-ring (bicyclic) bond motifs is 3. The zero-order valence-corrected chi connectivity index (χ0v) is 17.0. The molecule has 2 aromatic heterocycles. The molecule has 160 valence electrons. The SMILES string of the molecule is CS(=O)(=O)N1CCN(CCn2c3ccccc3n3c(=O)c(O)c(C(=O)O)nc23)CC1. The first-order valence-corrected chi connectivity index (χ1v) is 11.2. The summed E-state index contributed by atoms with van der Waals surface area (Å²) < 4.78 is 27.7. The van der Waals surface area contributed by atoms with Crippen molar-refractivity contribution in [2.45, 2.75) is 6.54 Å². The molecule has 1 aromatic carbocycles. The van der Waals surface area contributed by atoms with E-state index in [0.29, 0.717) is 50.3 Å². The first-order valence-electron chi connectivity index (χ1n) is 9.32. The second-order valence-electron chi connectivity index (χ2n) is 7.20. The Hall–Kier alpha value is -2.96. The fourth-order valence-corrected chi connectivity index (χ4v) is 4.61. The van der Waals surface area contributed by atoms with Gasteiger partial charge in [-0.05, 0) is 12.1 Å². The lowest BCUT2D eigenvalue weighted by atomic mass is 10.3. The molecule has 4 rings (SSSR count). The highest BCUT2D eigenvalue weighted by Gasteiger charge is 2.25. The van der Waals surface area contributed by atoms with Crippen molar-refractivity contribution in [3.8, 4) is 5.75 Å². The summed E-state index contributed by atoms with van der Waals surface area (Å²) in [6, 6.07) is 7.03. The fourth-order valence-electron chi connectivity index (χ4n) is 3.78. The number of carboxylic acids is 1. The lowest BCUT2D eigenvalue weighted by molar-refractivity contribution is 0.0686. The number of piperazine rings is 1. The maximum absolute atomic E-state index is 12.6. The number of hydrogen-bond donors (Lipinski definition) is 2. The Kier molecular flexibility index (Phi) is 5.00. The van der Waals surface area contributed by atoms with Gasteiger partial charge in [0.05, 0.1) is 17.3 Å². The number of rotatable bonds is 5. The number of para-hydroxylation sites is 2. The number of benzene rings is 1. The summed E-state index contributed by atoms with van der Waals surface area (Å²) in [7, 11) is -3.21. The van der Waals surface area contributed by atoms with Crippen LogP contribution in [0, 0.1) is 0 Å². The van der Waals surface area contributed by atoms with E-state index in [1.54, 1.807) is 28.8 Å². The van der Waals surface area contributed by atoms with Crippen LogP contribution in [0.15, 0.2) is 29.1 Å². The zero-order chi connectivity index (χ0) is 21.6. The molecule has 2 N–H and O–H groups in total. The normalized spacial score (nSPS) is 16.4. The Labute approximate surface area is 171 Å². The average Bonchev–Trinajstić information content (AvgIpc) is 3.02. The largest absolute Gasteiger partial charge is 0.501 e. The van der Waals surface area contributed by atoms with Crippen LogP contribution in [-0.2, 0) is 16.6 Å². The highest BCUT2D eigenvalue weighted by atomic mass is 32.2. The second-order valence-corrected chi connectivity index (χ2v) is 9.18. The molecular weight excluding hydrogens is 414 g/mol. The topological polar surface area (TPSA) is 137 Å². The van der Waals surface area contributed by atoms with Crippen LogP contribution < -0.4 is 5.56 Å². The maximum atomic E-state index is 12.6. The van der Waals surface area contributed by atoms with Gasteiger partial charge < -0.3 is 14.8 Å². The molecule has 11 nitrogen and oxygen atoms in total. The third kappa shape index (κ3) is 3.42. The summed E-state index contributed by atoms with van der Waals surface area (Å²) in [5.74, 6) is -2.26. The quantitative estimate of drug-likeness (QED) is 0.554. The fraction of sp³-hybridized carbons (Fsp3) is 0.389. The number of aromatic carboxylic acids is 1. The van der Waals surface area contributed by atoms with Crippen LogP contribution in [0.5, 0.6) is 5.75 Å². The lowest BCUT2D eigenvalue weighted by Crippen LogP contribution is -2.48. The van der Waals surface area contributed by atoms with Crippen molar-refractivity contribution >= 4 is 32.8 Å². The standard InChI is InChI=1S/C18H21N5O6S/c1-30(28,29)21-9-6-20(7-10-21)8-11-22-12-4-2-3-5-13(12)23-16(25)15(24)14(17(26)27)19-18(22)23/h2-5,24H,6-11H2,1H3,(H,26,27). The molecule has 1 aliphatic rings. The van der Waals surface area contributed by atoms with Gasteiger partial charge in [0, 0.05) is 39.3 Å². The van der Waals surface area contributed by atoms with Gasteiger partial charge in [-0.15, -0.1) is 0 Å². The van der Waals surface area contributed by atoms with Crippen LogP contribution in [0.1, 0.15) is 10.5 Å². The summed E-state index contributed by atoms with van der Waals surface area (Å²) in [5, 5.41) is 19.3. The van der Waals surface area contributed by atoms with E-state index in [1.165, 1.54) is 15.0 Å². The van der Waals surface area contributed by atoms with Gasteiger partial charge in [-0.25, -0.2) is 22.6 Å². The number of carboxylic acid groups (broad SMARTS) is 1. The van der Waals surface area contributed by atoms with Crippen LogP contribution in [0.2, 0.25) is 0 Å². The molecule has 0 bridgehead atoms. The molecule has 30 heavy (non-hydrogen) atoms. The molecule has 0 saturated carbocycles. The third-order valence-electron chi connectivity index (χ3n) is 5.34. The van der Waals surface area contributed by atoms with Crippen LogP contribution in [0.3, 0.4) is 0 Å². The van der Waals surface area contributed by atoms with Gasteiger partial charge in [0.25, 0.3) is 0 Å². The molecule has 1 aliphatic heterocycles. The first-order chi connectivity index (χ1) is 14.2. The maximum Gasteiger partial charge on any atom is 0.358 e. The Morgan fingerprint density at radius 3 is 2.33 bits per heavy atom. The van der Waals surface area contributed by atoms with E-state index < -0.39 is 33.0 Å². The molecule has 1 fully saturated rings. The Bertz CT molecular complexity index is 1300. The van der Waals surface area contributed by atoms with Crippen molar-refractivity contribution in [2.24, 2.45) is 0 Å². The van der Waals surface area contributed by atoms with Gasteiger partial charge in [0.2, 0.25) is 21.6 Å². The summed E-state index contributed by atoms with van der Waals surface area (Å²) in [6.07, 6.45) is 1.19. The molecule has 0 radical (unpaired) electrons. The van der Waals surface area contributed by atoms with Gasteiger partial charge in [0.1, 0.15) is 0 Å². The number of carbonyl (C=O) groups is 1. The molecule has 1 saturated heterocycles. The number of sulfonamides is 1. The summed E-state index contributed by atoms with van der Waals surface area (Å²) >= 11 is 0. The van der Waals surface area contributed by atoms with Crippen molar-refractivity contribution in [2.75, 3.05) is 39.0 Å². The van der Waals surface area contributed by atoms with E-state index in [1.807, 2.05) is 0 Å². The number of imidazole rings is 1. The summed E-state index contributed by atoms with van der Waals surface area (Å²) in [5.41, 5.74) is -0.335. The molecule has 3 heterocycles. The van der Waals surface area contributed by atoms with Crippen molar-refractivity contribution in [1.82, 2.24) is 23.2 Å². The molecule has 0 aliphatic carbocycles. The predicted octanol–water partition coefficient (Wildman–Crippen LogP) is -0.370. The third-order valence-corrected chi connectivity index (χ3v) is 6.64. The second kappa shape index (κ2) is 7.38. The van der Waals surface area contributed by atoms with Crippen molar-refractivity contribution in [3.63, 3.8) is 0 Å². The van der Waals surface area contributed by atoms with Crippen molar-refractivity contribution in [1.29, 1.82) is 0 Å². The Morgan fingerprint density at radius 1 is 1.10 bits per heavy atom. The van der Waals surface area contributed by atoms with Gasteiger partial charge in [-0.2, -0.15) is 4.31 Å². The number of aromatic hydroxyl groups is 1. The highest BCUT2D eigenvalue weighted by molar-refractivity contribution is 7.88. The minimum absolute atomic E-state index is 0.131. The molecule has 0 unspecified atom stereocenters. The van der Waals surface area contributed by atoms with E-state index in [2.05, 4.69) is 9.88 Å². The number of aromatic nitrogens is 3. The summed E-state index contributed by atoms with van der Waals surface area (Å²) in [6.45, 7) is 2.91. The smallest absolute Gasteiger partial charge is 0.358 e. The minimum Gasteiger partial charge on any atom is -0.501 e. The Balaban J connectivity index is 1.70. The van der Waals surface area contributed by atoms with Gasteiger partial charge in [-0.3, -0.25) is 9.69 Å². The predicted molar refractivity (Wildman–Crippen MR) is 108 cm³/mol. The van der Waals surface area contributed by atoms with E-state index >= 15 is 0 Å².